The molecule has 0 fully saturated rings. The van der Waals surface area contributed by atoms with Gasteiger partial charge in [-0.1, -0.05) is 24.9 Å². The Labute approximate surface area is 131 Å². The zero-order chi connectivity index (χ0) is 15.4. The zero-order valence-electron chi connectivity index (χ0n) is 12.6. The Morgan fingerprint density at radius 3 is 2.86 bits per heavy atom. The number of hydrogen-bond donors (Lipinski definition) is 1. The van der Waals surface area contributed by atoms with E-state index in [1.807, 2.05) is 30.3 Å². The number of aromatic nitrogens is 2. The quantitative estimate of drug-likeness (QED) is 0.855. The van der Waals surface area contributed by atoms with Crippen LogP contribution < -0.4 is 20.6 Å². The van der Waals surface area contributed by atoms with Crippen LogP contribution in [0.5, 0.6) is 5.75 Å². The van der Waals surface area contributed by atoms with Crippen LogP contribution >= 0.6 is 0 Å². The molecule has 4 nitrogen and oxygen atoms in total. The number of fused-ring (bicyclic) bond motifs is 1. The second kappa shape index (κ2) is 6.64. The minimum Gasteiger partial charge on any atom is -0.494 e. The van der Waals surface area contributed by atoms with Crippen LogP contribution in [-0.2, 0) is 0 Å². The number of nitrogens with zero attached hydrogens (tertiary/aromatic N) is 2. The van der Waals surface area contributed by atoms with Gasteiger partial charge in [0.25, 0.3) is 0 Å². The van der Waals surface area contributed by atoms with Gasteiger partial charge in [-0.15, -0.1) is 0 Å². The maximum Gasteiger partial charge on any atom is 0.141 e. The van der Waals surface area contributed by atoms with Gasteiger partial charge >= 0.3 is 0 Å². The SMILES string of the molecule is [B]C1C=c2c(Nc3ccc(OCCC)cc3)ncnc2=CC1. The van der Waals surface area contributed by atoms with Crippen molar-refractivity contribution in [2.45, 2.75) is 25.6 Å². The first-order valence-electron chi connectivity index (χ1n) is 7.55. The van der Waals surface area contributed by atoms with Crippen molar-refractivity contribution in [1.82, 2.24) is 9.97 Å². The molecule has 1 atom stereocenters. The summed E-state index contributed by atoms with van der Waals surface area (Å²) in [5.74, 6) is 1.67. The summed E-state index contributed by atoms with van der Waals surface area (Å²) >= 11 is 0. The van der Waals surface area contributed by atoms with E-state index in [4.69, 9.17) is 12.6 Å². The van der Waals surface area contributed by atoms with Crippen LogP contribution in [0.2, 0.25) is 5.82 Å². The Morgan fingerprint density at radius 1 is 1.27 bits per heavy atom. The molecule has 22 heavy (non-hydrogen) atoms. The van der Waals surface area contributed by atoms with E-state index in [0.29, 0.717) is 0 Å². The van der Waals surface area contributed by atoms with Crippen molar-refractivity contribution in [2.24, 2.45) is 0 Å². The van der Waals surface area contributed by atoms with Crippen molar-refractivity contribution >= 4 is 31.5 Å². The summed E-state index contributed by atoms with van der Waals surface area (Å²) in [6.45, 7) is 2.82. The van der Waals surface area contributed by atoms with E-state index in [2.05, 4.69) is 28.3 Å². The number of rotatable bonds is 5. The smallest absolute Gasteiger partial charge is 0.141 e. The first-order valence-corrected chi connectivity index (χ1v) is 7.55. The second-order valence-electron chi connectivity index (χ2n) is 5.29. The van der Waals surface area contributed by atoms with E-state index in [9.17, 15) is 0 Å². The maximum absolute atomic E-state index is 5.99. The van der Waals surface area contributed by atoms with E-state index in [1.54, 1.807) is 6.33 Å². The van der Waals surface area contributed by atoms with Gasteiger partial charge in [-0.25, -0.2) is 9.97 Å². The summed E-state index contributed by atoms with van der Waals surface area (Å²) in [5, 5.41) is 5.22. The Hall–Kier alpha value is -2.30. The largest absolute Gasteiger partial charge is 0.494 e. The minimum atomic E-state index is 0.0175. The third kappa shape index (κ3) is 3.30. The standard InChI is InChI=1S/C17H18BN3O/c1-2-9-22-14-6-4-13(5-7-14)21-17-15-10-12(18)3-8-16(15)19-11-20-17/h4-8,10-12H,2-3,9H2,1H3,(H,19,20,21). The van der Waals surface area contributed by atoms with Crippen molar-refractivity contribution in [2.75, 3.05) is 11.9 Å². The van der Waals surface area contributed by atoms with Gasteiger partial charge < -0.3 is 10.1 Å². The summed E-state index contributed by atoms with van der Waals surface area (Å²) in [6, 6.07) is 7.86. The molecular weight excluding hydrogens is 273 g/mol. The molecule has 2 radical (unpaired) electrons. The molecule has 1 aliphatic rings. The molecule has 0 spiro atoms. The number of ether oxygens (including phenoxy) is 1. The molecule has 1 aromatic carbocycles. The van der Waals surface area contributed by atoms with Crippen molar-refractivity contribution in [3.63, 3.8) is 0 Å². The lowest BCUT2D eigenvalue weighted by atomic mass is 9.82. The summed E-state index contributed by atoms with van der Waals surface area (Å²) in [7, 11) is 5.99. The average molecular weight is 291 g/mol. The highest BCUT2D eigenvalue weighted by atomic mass is 16.5. The number of hydrogen-bond acceptors (Lipinski definition) is 4. The monoisotopic (exact) mass is 291 g/mol. The fraction of sp³-hybridized carbons (Fsp3) is 0.294. The van der Waals surface area contributed by atoms with E-state index < -0.39 is 0 Å². The van der Waals surface area contributed by atoms with Gasteiger partial charge in [0.05, 0.1) is 19.8 Å². The lowest BCUT2D eigenvalue weighted by Gasteiger charge is -2.12. The summed E-state index contributed by atoms with van der Waals surface area (Å²) < 4.78 is 5.58. The third-order valence-electron chi connectivity index (χ3n) is 3.47. The van der Waals surface area contributed by atoms with Gasteiger partial charge in [-0.05, 0) is 37.1 Å². The molecule has 0 aliphatic heterocycles. The summed E-state index contributed by atoms with van der Waals surface area (Å²) in [5.41, 5.74) is 0.956. The summed E-state index contributed by atoms with van der Waals surface area (Å²) in [6.07, 6.45) is 7.44. The predicted molar refractivity (Wildman–Crippen MR) is 89.8 cm³/mol. The highest BCUT2D eigenvalue weighted by Crippen LogP contribution is 2.18. The van der Waals surface area contributed by atoms with Gasteiger partial charge in [-0.2, -0.15) is 0 Å². The molecular formula is C17H18BN3O. The molecule has 110 valence electrons. The molecule has 1 heterocycles. The van der Waals surface area contributed by atoms with Crippen molar-refractivity contribution in [3.8, 4) is 5.75 Å². The predicted octanol–water partition coefficient (Wildman–Crippen LogP) is 1.93. The van der Waals surface area contributed by atoms with Crippen LogP contribution in [-0.4, -0.2) is 24.4 Å². The molecule has 0 amide bonds. The Balaban J connectivity index is 1.84. The van der Waals surface area contributed by atoms with Crippen LogP contribution in [0, 0.1) is 0 Å². The van der Waals surface area contributed by atoms with Crippen LogP contribution in [0.15, 0.2) is 30.6 Å². The Bertz CT molecular complexity index is 758. The Kier molecular flexibility index (Phi) is 4.42. The minimum absolute atomic E-state index is 0.0175. The maximum atomic E-state index is 5.99. The molecule has 3 rings (SSSR count). The fourth-order valence-corrected chi connectivity index (χ4v) is 2.36. The Morgan fingerprint density at radius 2 is 2.09 bits per heavy atom. The van der Waals surface area contributed by atoms with E-state index in [1.165, 1.54) is 0 Å². The van der Waals surface area contributed by atoms with E-state index in [-0.39, 0.29) is 5.82 Å². The highest BCUT2D eigenvalue weighted by Gasteiger charge is 2.07. The topological polar surface area (TPSA) is 47.0 Å². The molecule has 5 heteroatoms. The number of nitrogens with one attached hydrogen (secondary N) is 1. The lowest BCUT2D eigenvalue weighted by Crippen LogP contribution is -2.34. The van der Waals surface area contributed by atoms with Crippen LogP contribution in [0.4, 0.5) is 11.5 Å². The van der Waals surface area contributed by atoms with E-state index in [0.717, 1.165) is 47.3 Å². The van der Waals surface area contributed by atoms with Crippen LogP contribution in [0.1, 0.15) is 19.8 Å². The van der Waals surface area contributed by atoms with Crippen molar-refractivity contribution < 1.29 is 4.74 Å². The van der Waals surface area contributed by atoms with Crippen LogP contribution in [0.25, 0.3) is 12.2 Å². The molecule has 1 aliphatic carbocycles. The van der Waals surface area contributed by atoms with Gasteiger partial charge in [-0.3, -0.25) is 0 Å². The van der Waals surface area contributed by atoms with Gasteiger partial charge in [0.2, 0.25) is 0 Å². The first-order chi connectivity index (χ1) is 10.8. The first kappa shape index (κ1) is 14.6. The average Bonchev–Trinajstić information content (AvgIpc) is 2.55. The molecule has 1 aromatic heterocycles. The third-order valence-corrected chi connectivity index (χ3v) is 3.47. The highest BCUT2D eigenvalue weighted by molar-refractivity contribution is 6.16. The number of anilines is 2. The molecule has 0 saturated heterocycles. The molecule has 1 N–H and O–H groups in total. The number of benzene rings is 1. The van der Waals surface area contributed by atoms with Gasteiger partial charge in [0.15, 0.2) is 0 Å². The molecule has 1 unspecified atom stereocenters. The van der Waals surface area contributed by atoms with Gasteiger partial charge in [0, 0.05) is 10.9 Å². The molecule has 0 saturated carbocycles. The van der Waals surface area contributed by atoms with E-state index >= 15 is 0 Å². The molecule has 2 aromatic rings. The van der Waals surface area contributed by atoms with Crippen LogP contribution in [0.3, 0.4) is 0 Å². The normalized spacial score (nSPS) is 16.1. The summed E-state index contributed by atoms with van der Waals surface area (Å²) in [4.78, 5) is 8.62. The zero-order valence-corrected chi connectivity index (χ0v) is 12.6. The van der Waals surface area contributed by atoms with Crippen molar-refractivity contribution in [3.05, 3.63) is 41.2 Å². The van der Waals surface area contributed by atoms with Gasteiger partial charge in [0.1, 0.15) is 17.9 Å². The fourth-order valence-electron chi connectivity index (χ4n) is 2.36. The second-order valence-corrected chi connectivity index (χ2v) is 5.29. The molecule has 0 bridgehead atoms. The lowest BCUT2D eigenvalue weighted by molar-refractivity contribution is 0.317. The van der Waals surface area contributed by atoms with Crippen molar-refractivity contribution in [1.29, 1.82) is 0 Å².